The molecule has 0 aliphatic rings. The van der Waals surface area contributed by atoms with Crippen molar-refractivity contribution in [2.45, 2.75) is 26.4 Å². The number of hydrogen-bond acceptors (Lipinski definition) is 2. The van der Waals surface area contributed by atoms with E-state index in [4.69, 9.17) is 0 Å². The molecule has 0 saturated carbocycles. The van der Waals surface area contributed by atoms with E-state index in [2.05, 4.69) is 54.1 Å². The summed E-state index contributed by atoms with van der Waals surface area (Å²) >= 11 is 3.31. The van der Waals surface area contributed by atoms with Crippen LogP contribution in [0.4, 0.5) is 4.39 Å². The minimum Gasteiger partial charge on any atom is -0.308 e. The van der Waals surface area contributed by atoms with Gasteiger partial charge in [-0.05, 0) is 43.8 Å². The van der Waals surface area contributed by atoms with E-state index in [-0.39, 0.29) is 5.82 Å². The normalized spacial score (nSPS) is 13.3. The van der Waals surface area contributed by atoms with Crippen LogP contribution in [0.2, 0.25) is 0 Å². The van der Waals surface area contributed by atoms with Crippen molar-refractivity contribution in [2.24, 2.45) is 5.92 Å². The van der Waals surface area contributed by atoms with Crippen LogP contribution in [0.25, 0.3) is 0 Å². The minimum absolute atomic E-state index is 0.199. The zero-order valence-electron chi connectivity index (χ0n) is 11.5. The molecule has 4 heteroatoms. The lowest BCUT2D eigenvalue weighted by molar-refractivity contribution is 0.288. The summed E-state index contributed by atoms with van der Waals surface area (Å²) in [5, 5.41) is 3.49. The van der Waals surface area contributed by atoms with E-state index in [9.17, 15) is 4.39 Å². The molecule has 1 atom stereocenters. The third-order valence-electron chi connectivity index (χ3n) is 2.86. The monoisotopic (exact) mass is 316 g/mol. The van der Waals surface area contributed by atoms with Crippen LogP contribution in [0.1, 0.15) is 19.4 Å². The molecule has 1 aromatic carbocycles. The van der Waals surface area contributed by atoms with E-state index in [1.54, 1.807) is 6.07 Å². The fourth-order valence-corrected chi connectivity index (χ4v) is 2.38. The van der Waals surface area contributed by atoms with Crippen LogP contribution in [0, 0.1) is 11.7 Å². The molecule has 1 unspecified atom stereocenters. The maximum Gasteiger partial charge on any atom is 0.124 e. The molecule has 0 fully saturated rings. The van der Waals surface area contributed by atoms with Gasteiger partial charge in [-0.15, -0.1) is 0 Å². The second-order valence-electron chi connectivity index (χ2n) is 5.27. The SMILES string of the molecule is CC(C)C(CN(C)C)NCc1cc(F)cc(Br)c1. The summed E-state index contributed by atoms with van der Waals surface area (Å²) in [6.07, 6.45) is 0. The van der Waals surface area contributed by atoms with Crippen molar-refractivity contribution in [3.8, 4) is 0 Å². The highest BCUT2D eigenvalue weighted by Gasteiger charge is 2.13. The molecule has 18 heavy (non-hydrogen) atoms. The lowest BCUT2D eigenvalue weighted by Crippen LogP contribution is -2.41. The van der Waals surface area contributed by atoms with Gasteiger partial charge >= 0.3 is 0 Å². The quantitative estimate of drug-likeness (QED) is 0.866. The van der Waals surface area contributed by atoms with E-state index in [0.717, 1.165) is 16.6 Å². The Hall–Kier alpha value is -0.450. The average Bonchev–Trinajstić information content (AvgIpc) is 2.21. The first-order valence-corrected chi connectivity index (χ1v) is 7.01. The smallest absolute Gasteiger partial charge is 0.124 e. The van der Waals surface area contributed by atoms with E-state index in [0.29, 0.717) is 18.5 Å². The second kappa shape index (κ2) is 7.22. The van der Waals surface area contributed by atoms with Crippen LogP contribution in [-0.4, -0.2) is 31.6 Å². The lowest BCUT2D eigenvalue weighted by atomic mass is 10.0. The molecular formula is C14H22BrFN2. The van der Waals surface area contributed by atoms with Gasteiger partial charge in [0, 0.05) is 23.6 Å². The molecule has 0 spiro atoms. The third kappa shape index (κ3) is 5.46. The first-order chi connectivity index (χ1) is 8.38. The van der Waals surface area contributed by atoms with Crippen molar-refractivity contribution in [1.29, 1.82) is 0 Å². The Morgan fingerprint density at radius 1 is 1.28 bits per heavy atom. The second-order valence-corrected chi connectivity index (χ2v) is 6.19. The van der Waals surface area contributed by atoms with Crippen LogP contribution in [0.5, 0.6) is 0 Å². The first kappa shape index (κ1) is 15.6. The largest absolute Gasteiger partial charge is 0.308 e. The van der Waals surface area contributed by atoms with Crippen LogP contribution in [-0.2, 0) is 6.54 Å². The molecule has 0 amide bonds. The number of nitrogens with zero attached hydrogens (tertiary/aromatic N) is 1. The summed E-state index contributed by atoms with van der Waals surface area (Å²) < 4.78 is 14.0. The van der Waals surface area contributed by atoms with E-state index >= 15 is 0 Å². The van der Waals surface area contributed by atoms with E-state index in [1.165, 1.54) is 6.07 Å². The summed E-state index contributed by atoms with van der Waals surface area (Å²) in [5.41, 5.74) is 0.964. The number of hydrogen-bond donors (Lipinski definition) is 1. The highest BCUT2D eigenvalue weighted by Crippen LogP contribution is 2.15. The predicted octanol–water partition coefficient (Wildman–Crippen LogP) is 3.26. The summed E-state index contributed by atoms with van der Waals surface area (Å²) in [4.78, 5) is 2.17. The molecule has 0 bridgehead atoms. The number of benzene rings is 1. The Labute approximate surface area is 118 Å². The van der Waals surface area contributed by atoms with Gasteiger partial charge in [-0.2, -0.15) is 0 Å². The topological polar surface area (TPSA) is 15.3 Å². The minimum atomic E-state index is -0.199. The lowest BCUT2D eigenvalue weighted by Gasteiger charge is -2.25. The number of likely N-dealkylation sites (N-methyl/N-ethyl adjacent to an activating group) is 1. The summed E-state index contributed by atoms with van der Waals surface area (Å²) in [6, 6.07) is 5.40. The molecule has 0 aliphatic heterocycles. The van der Waals surface area contributed by atoms with Crippen molar-refractivity contribution in [3.05, 3.63) is 34.1 Å². The molecule has 0 heterocycles. The van der Waals surface area contributed by atoms with Crippen LogP contribution in [0.3, 0.4) is 0 Å². The molecule has 1 aromatic rings. The summed E-state index contributed by atoms with van der Waals surface area (Å²) in [7, 11) is 4.13. The Bertz CT molecular complexity index is 360. The van der Waals surface area contributed by atoms with Crippen LogP contribution >= 0.6 is 15.9 Å². The zero-order valence-corrected chi connectivity index (χ0v) is 13.1. The van der Waals surface area contributed by atoms with Gasteiger partial charge in [0.2, 0.25) is 0 Å². The fourth-order valence-electron chi connectivity index (χ4n) is 1.87. The zero-order chi connectivity index (χ0) is 13.7. The van der Waals surface area contributed by atoms with Gasteiger partial charge in [0.05, 0.1) is 0 Å². The Morgan fingerprint density at radius 3 is 2.44 bits per heavy atom. The molecule has 0 radical (unpaired) electrons. The molecule has 0 saturated heterocycles. The molecular weight excluding hydrogens is 295 g/mol. The highest BCUT2D eigenvalue weighted by molar-refractivity contribution is 9.10. The first-order valence-electron chi connectivity index (χ1n) is 6.21. The van der Waals surface area contributed by atoms with Crippen molar-refractivity contribution < 1.29 is 4.39 Å². The maximum absolute atomic E-state index is 13.3. The number of nitrogens with one attached hydrogen (secondary N) is 1. The molecule has 1 rings (SSSR count). The van der Waals surface area contributed by atoms with Gasteiger partial charge in [-0.25, -0.2) is 4.39 Å². The van der Waals surface area contributed by atoms with Crippen molar-refractivity contribution in [1.82, 2.24) is 10.2 Å². The Balaban J connectivity index is 2.61. The van der Waals surface area contributed by atoms with Crippen molar-refractivity contribution in [3.63, 3.8) is 0 Å². The number of halogens is 2. The predicted molar refractivity (Wildman–Crippen MR) is 78.1 cm³/mol. The van der Waals surface area contributed by atoms with Crippen molar-refractivity contribution >= 4 is 15.9 Å². The van der Waals surface area contributed by atoms with Gasteiger partial charge in [-0.3, -0.25) is 0 Å². The van der Waals surface area contributed by atoms with Gasteiger partial charge in [0.15, 0.2) is 0 Å². The Kier molecular flexibility index (Phi) is 6.26. The molecule has 102 valence electrons. The number of rotatable bonds is 6. The van der Waals surface area contributed by atoms with Crippen molar-refractivity contribution in [2.75, 3.05) is 20.6 Å². The molecule has 2 nitrogen and oxygen atoms in total. The van der Waals surface area contributed by atoms with Gasteiger partial charge < -0.3 is 10.2 Å². The van der Waals surface area contributed by atoms with Gasteiger partial charge in [0.25, 0.3) is 0 Å². The Morgan fingerprint density at radius 2 is 1.94 bits per heavy atom. The highest BCUT2D eigenvalue weighted by atomic mass is 79.9. The van der Waals surface area contributed by atoms with Crippen LogP contribution in [0.15, 0.2) is 22.7 Å². The molecule has 1 N–H and O–H groups in total. The third-order valence-corrected chi connectivity index (χ3v) is 3.32. The molecule has 0 aromatic heterocycles. The van der Waals surface area contributed by atoms with E-state index < -0.39 is 0 Å². The fraction of sp³-hybridized carbons (Fsp3) is 0.571. The van der Waals surface area contributed by atoms with Gasteiger partial charge in [0.1, 0.15) is 5.82 Å². The maximum atomic E-state index is 13.3. The standard InChI is InChI=1S/C14H22BrFN2/c1-10(2)14(9-18(3)4)17-8-11-5-12(15)7-13(16)6-11/h5-7,10,14,17H,8-9H2,1-4H3. The average molecular weight is 317 g/mol. The molecule has 0 aliphatic carbocycles. The van der Waals surface area contributed by atoms with Crippen LogP contribution < -0.4 is 5.32 Å². The summed E-state index contributed by atoms with van der Waals surface area (Å²) in [6.45, 7) is 6.06. The summed E-state index contributed by atoms with van der Waals surface area (Å²) in [5.74, 6) is 0.347. The van der Waals surface area contributed by atoms with E-state index in [1.807, 2.05) is 6.07 Å². The van der Waals surface area contributed by atoms with Gasteiger partial charge in [-0.1, -0.05) is 29.8 Å².